The van der Waals surface area contributed by atoms with Gasteiger partial charge in [-0.1, -0.05) is 0 Å². The number of carbonyl (C=O) groups is 1. The van der Waals surface area contributed by atoms with Crippen LogP contribution in [0.1, 0.15) is 10.6 Å². The van der Waals surface area contributed by atoms with E-state index in [9.17, 15) is 4.79 Å². The normalized spacial score (nSPS) is 10.5. The van der Waals surface area contributed by atoms with Gasteiger partial charge < -0.3 is 0 Å². The predicted octanol–water partition coefficient (Wildman–Crippen LogP) is 1.66. The van der Waals surface area contributed by atoms with Crippen molar-refractivity contribution in [3.05, 3.63) is 22.2 Å². The number of thiazole rings is 1. The van der Waals surface area contributed by atoms with E-state index in [1.807, 2.05) is 6.92 Å². The quantitative estimate of drug-likeness (QED) is 0.477. The third-order valence-electron chi connectivity index (χ3n) is 1.11. The Morgan fingerprint density at radius 1 is 1.70 bits per heavy atom. The highest BCUT2D eigenvalue weighted by atomic mass is 32.1. The monoisotopic (exact) mass is 153 g/mol. The summed E-state index contributed by atoms with van der Waals surface area (Å²) in [6.07, 6.45) is 4.00. The zero-order valence-electron chi connectivity index (χ0n) is 5.57. The van der Waals surface area contributed by atoms with Gasteiger partial charge in [-0.25, -0.2) is 4.98 Å². The SMILES string of the molecule is Cc1ncsc1/C=C/C=O. The van der Waals surface area contributed by atoms with Crippen LogP contribution in [0.4, 0.5) is 0 Å². The molecule has 0 saturated heterocycles. The van der Waals surface area contributed by atoms with E-state index in [4.69, 9.17) is 0 Å². The van der Waals surface area contributed by atoms with E-state index in [0.29, 0.717) is 0 Å². The number of hydrogen-bond acceptors (Lipinski definition) is 3. The van der Waals surface area contributed by atoms with Gasteiger partial charge in [0.25, 0.3) is 0 Å². The van der Waals surface area contributed by atoms with Crippen molar-refractivity contribution in [1.82, 2.24) is 4.98 Å². The molecular weight excluding hydrogens is 146 g/mol. The minimum absolute atomic E-state index is 0.763. The van der Waals surface area contributed by atoms with E-state index in [0.717, 1.165) is 16.9 Å². The second-order valence-electron chi connectivity index (χ2n) is 1.80. The van der Waals surface area contributed by atoms with Crippen molar-refractivity contribution in [3.8, 4) is 0 Å². The first-order chi connectivity index (χ1) is 4.84. The first-order valence-corrected chi connectivity index (χ1v) is 3.74. The van der Waals surface area contributed by atoms with Gasteiger partial charge in [0.05, 0.1) is 11.2 Å². The molecule has 0 spiro atoms. The lowest BCUT2D eigenvalue weighted by Crippen LogP contribution is -1.71. The molecule has 1 aromatic heterocycles. The van der Waals surface area contributed by atoms with Crippen molar-refractivity contribution < 1.29 is 4.79 Å². The van der Waals surface area contributed by atoms with Gasteiger partial charge in [0.15, 0.2) is 0 Å². The van der Waals surface area contributed by atoms with Crippen molar-refractivity contribution >= 4 is 23.7 Å². The lowest BCUT2D eigenvalue weighted by Gasteiger charge is -1.82. The van der Waals surface area contributed by atoms with Crippen LogP contribution in [0.25, 0.3) is 6.08 Å². The topological polar surface area (TPSA) is 30.0 Å². The van der Waals surface area contributed by atoms with E-state index in [2.05, 4.69) is 4.98 Å². The molecule has 1 heterocycles. The number of hydrogen-bond donors (Lipinski definition) is 0. The Kier molecular flexibility index (Phi) is 2.34. The summed E-state index contributed by atoms with van der Waals surface area (Å²) < 4.78 is 0. The summed E-state index contributed by atoms with van der Waals surface area (Å²) >= 11 is 1.53. The summed E-state index contributed by atoms with van der Waals surface area (Å²) in [5.74, 6) is 0. The number of aldehydes is 1. The maximum absolute atomic E-state index is 9.91. The molecule has 2 nitrogen and oxygen atoms in total. The smallest absolute Gasteiger partial charge is 0.142 e. The Morgan fingerprint density at radius 3 is 3.00 bits per heavy atom. The van der Waals surface area contributed by atoms with Crippen molar-refractivity contribution in [2.24, 2.45) is 0 Å². The van der Waals surface area contributed by atoms with Crippen LogP contribution in [-0.4, -0.2) is 11.3 Å². The molecule has 0 aromatic carbocycles. The summed E-state index contributed by atoms with van der Waals surface area (Å²) in [6, 6.07) is 0. The van der Waals surface area contributed by atoms with Crippen molar-refractivity contribution in [3.63, 3.8) is 0 Å². The van der Waals surface area contributed by atoms with E-state index in [-0.39, 0.29) is 0 Å². The van der Waals surface area contributed by atoms with Crippen LogP contribution in [0.15, 0.2) is 11.6 Å². The summed E-state index contributed by atoms with van der Waals surface area (Å²) in [7, 11) is 0. The number of rotatable bonds is 2. The van der Waals surface area contributed by atoms with E-state index < -0.39 is 0 Å². The predicted molar refractivity (Wildman–Crippen MR) is 41.9 cm³/mol. The third kappa shape index (κ3) is 1.51. The fourth-order valence-electron chi connectivity index (χ4n) is 0.598. The lowest BCUT2D eigenvalue weighted by atomic mass is 10.4. The molecule has 0 radical (unpaired) electrons. The minimum atomic E-state index is 0.763. The lowest BCUT2D eigenvalue weighted by molar-refractivity contribution is -0.104. The Balaban J connectivity index is 2.83. The molecule has 10 heavy (non-hydrogen) atoms. The zero-order valence-corrected chi connectivity index (χ0v) is 6.39. The highest BCUT2D eigenvalue weighted by molar-refractivity contribution is 7.10. The zero-order chi connectivity index (χ0) is 7.40. The van der Waals surface area contributed by atoms with Crippen LogP contribution >= 0.6 is 11.3 Å². The van der Waals surface area contributed by atoms with Gasteiger partial charge in [0, 0.05) is 4.88 Å². The average molecular weight is 153 g/mol. The molecule has 0 aliphatic carbocycles. The Bertz CT molecular complexity index is 252. The van der Waals surface area contributed by atoms with Gasteiger partial charge in [0.1, 0.15) is 6.29 Å². The molecular formula is C7H7NOS. The first-order valence-electron chi connectivity index (χ1n) is 2.86. The minimum Gasteiger partial charge on any atom is -0.299 e. The molecule has 0 fully saturated rings. The Hall–Kier alpha value is -0.960. The fraction of sp³-hybridized carbons (Fsp3) is 0.143. The summed E-state index contributed by atoms with van der Waals surface area (Å²) in [5.41, 5.74) is 2.74. The maximum atomic E-state index is 9.91. The van der Waals surface area contributed by atoms with E-state index >= 15 is 0 Å². The van der Waals surface area contributed by atoms with Crippen molar-refractivity contribution in [1.29, 1.82) is 0 Å². The van der Waals surface area contributed by atoms with Crippen LogP contribution in [0, 0.1) is 6.92 Å². The van der Waals surface area contributed by atoms with Crippen LogP contribution in [0.2, 0.25) is 0 Å². The Morgan fingerprint density at radius 2 is 2.50 bits per heavy atom. The third-order valence-corrected chi connectivity index (χ3v) is 2.01. The summed E-state index contributed by atoms with van der Waals surface area (Å²) in [5, 5.41) is 0. The van der Waals surface area contributed by atoms with Crippen LogP contribution in [0.5, 0.6) is 0 Å². The molecule has 0 N–H and O–H groups in total. The molecule has 0 aliphatic heterocycles. The molecule has 0 aliphatic rings. The number of allylic oxidation sites excluding steroid dienone is 1. The number of nitrogens with zero attached hydrogens (tertiary/aromatic N) is 1. The van der Waals surface area contributed by atoms with Crippen LogP contribution < -0.4 is 0 Å². The van der Waals surface area contributed by atoms with Gasteiger partial charge in [-0.3, -0.25) is 4.79 Å². The highest BCUT2D eigenvalue weighted by Crippen LogP contribution is 2.12. The second kappa shape index (κ2) is 3.27. The van der Waals surface area contributed by atoms with Crippen LogP contribution in [0.3, 0.4) is 0 Å². The molecule has 1 rings (SSSR count). The van der Waals surface area contributed by atoms with Crippen LogP contribution in [-0.2, 0) is 4.79 Å². The molecule has 3 heteroatoms. The molecule has 0 unspecified atom stereocenters. The van der Waals surface area contributed by atoms with E-state index in [1.54, 1.807) is 11.6 Å². The van der Waals surface area contributed by atoms with E-state index in [1.165, 1.54) is 17.4 Å². The summed E-state index contributed by atoms with van der Waals surface area (Å²) in [4.78, 5) is 15.0. The van der Waals surface area contributed by atoms with Gasteiger partial charge in [-0.05, 0) is 19.1 Å². The summed E-state index contributed by atoms with van der Waals surface area (Å²) in [6.45, 7) is 1.92. The highest BCUT2D eigenvalue weighted by Gasteiger charge is 1.93. The molecule has 0 bridgehead atoms. The molecule has 1 aromatic rings. The average Bonchev–Trinajstić information content (AvgIpc) is 2.31. The largest absolute Gasteiger partial charge is 0.299 e. The fourth-order valence-corrected chi connectivity index (χ4v) is 1.30. The molecule has 0 atom stereocenters. The number of aryl methyl sites for hydroxylation is 1. The molecule has 52 valence electrons. The van der Waals surface area contributed by atoms with Crippen molar-refractivity contribution in [2.75, 3.05) is 0 Å². The van der Waals surface area contributed by atoms with Gasteiger partial charge in [-0.15, -0.1) is 11.3 Å². The van der Waals surface area contributed by atoms with Crippen molar-refractivity contribution in [2.45, 2.75) is 6.92 Å². The standard InChI is InChI=1S/C7H7NOS/c1-6-7(3-2-4-9)10-5-8-6/h2-5H,1H3/b3-2+. The van der Waals surface area contributed by atoms with Gasteiger partial charge >= 0.3 is 0 Å². The number of aromatic nitrogens is 1. The van der Waals surface area contributed by atoms with Gasteiger partial charge in [0.2, 0.25) is 0 Å². The second-order valence-corrected chi connectivity index (χ2v) is 2.68. The first kappa shape index (κ1) is 7.15. The maximum Gasteiger partial charge on any atom is 0.142 e. The molecule has 0 saturated carbocycles. The number of carbonyl (C=O) groups excluding carboxylic acids is 1. The Labute approximate surface area is 63.2 Å². The van der Waals surface area contributed by atoms with Gasteiger partial charge in [-0.2, -0.15) is 0 Å². The molecule has 0 amide bonds.